The van der Waals surface area contributed by atoms with Crippen LogP contribution in [0.2, 0.25) is 0 Å². The van der Waals surface area contributed by atoms with Gasteiger partial charge in [0.05, 0.1) is 11.4 Å². The molecule has 0 radical (unpaired) electrons. The van der Waals surface area contributed by atoms with E-state index < -0.39 is 10.2 Å². The number of amides is 1. The second kappa shape index (κ2) is 6.61. The van der Waals surface area contributed by atoms with E-state index in [2.05, 4.69) is 10.3 Å². The summed E-state index contributed by atoms with van der Waals surface area (Å²) in [6.07, 6.45) is 0. The third kappa shape index (κ3) is 2.92. The van der Waals surface area contributed by atoms with Crippen LogP contribution in [0.1, 0.15) is 16.1 Å². The summed E-state index contributed by atoms with van der Waals surface area (Å²) in [4.78, 5) is 17.1. The molecule has 0 unspecified atom stereocenters. The maximum absolute atomic E-state index is 12.7. The van der Waals surface area contributed by atoms with Gasteiger partial charge in [-0.05, 0) is 24.6 Å². The average molecular weight is 415 g/mol. The Morgan fingerprint density at radius 2 is 1.71 bits per heavy atom. The molecule has 0 fully saturated rings. The predicted molar refractivity (Wildman–Crippen MR) is 112 cm³/mol. The number of aryl methyl sites for hydroxylation is 1. The largest absolute Gasteiger partial charge is 0.326 e. The lowest BCUT2D eigenvalue weighted by atomic mass is 10.1. The molecule has 1 amide bonds. The van der Waals surface area contributed by atoms with Gasteiger partial charge < -0.3 is 5.32 Å². The Bertz CT molecular complexity index is 1170. The van der Waals surface area contributed by atoms with Crippen molar-refractivity contribution in [3.05, 3.63) is 59.1 Å². The number of thiazole rings is 1. The summed E-state index contributed by atoms with van der Waals surface area (Å²) in [7, 11) is -0.560. The van der Waals surface area contributed by atoms with Gasteiger partial charge in [0, 0.05) is 30.7 Å². The molecule has 2 heterocycles. The van der Waals surface area contributed by atoms with E-state index in [0.717, 1.165) is 16.1 Å². The zero-order chi connectivity index (χ0) is 20.1. The molecule has 9 heteroatoms. The topological polar surface area (TPSA) is 82.6 Å². The number of carbonyl (C=O) groups is 1. The van der Waals surface area contributed by atoms with E-state index >= 15 is 0 Å². The van der Waals surface area contributed by atoms with Gasteiger partial charge in [-0.1, -0.05) is 30.3 Å². The number of anilines is 3. The first-order chi connectivity index (χ1) is 13.3. The molecular weight excluding hydrogens is 396 g/mol. The van der Waals surface area contributed by atoms with Crippen LogP contribution in [0.25, 0.3) is 10.6 Å². The van der Waals surface area contributed by atoms with Crippen LogP contribution in [0.3, 0.4) is 0 Å². The molecule has 0 atom stereocenters. The molecule has 1 aliphatic rings. The summed E-state index contributed by atoms with van der Waals surface area (Å²) >= 11 is 1.40. The predicted octanol–water partition coefficient (Wildman–Crippen LogP) is 3.50. The smallest absolute Gasteiger partial charge is 0.320 e. The van der Waals surface area contributed by atoms with E-state index in [-0.39, 0.29) is 5.91 Å². The van der Waals surface area contributed by atoms with Crippen molar-refractivity contribution in [2.24, 2.45) is 0 Å². The lowest BCUT2D eigenvalue weighted by Crippen LogP contribution is -2.32. The molecule has 0 spiro atoms. The molecule has 7 nitrogen and oxygen atoms in total. The van der Waals surface area contributed by atoms with Crippen molar-refractivity contribution in [2.75, 3.05) is 28.0 Å². The van der Waals surface area contributed by atoms with Crippen molar-refractivity contribution in [1.82, 2.24) is 4.98 Å². The molecule has 1 aliphatic heterocycles. The molecule has 0 saturated heterocycles. The Morgan fingerprint density at radius 3 is 2.39 bits per heavy atom. The van der Waals surface area contributed by atoms with Crippen molar-refractivity contribution >= 4 is 44.5 Å². The molecule has 1 aromatic heterocycles. The highest BCUT2D eigenvalue weighted by Crippen LogP contribution is 2.42. The second-order valence-electron chi connectivity index (χ2n) is 6.46. The molecule has 2 aromatic carbocycles. The van der Waals surface area contributed by atoms with Gasteiger partial charge in [-0.15, -0.1) is 11.3 Å². The Kier molecular flexibility index (Phi) is 4.35. The third-order valence-electron chi connectivity index (χ3n) is 4.70. The Labute approximate surface area is 167 Å². The van der Waals surface area contributed by atoms with Gasteiger partial charge in [0.1, 0.15) is 10.7 Å². The lowest BCUT2D eigenvalue weighted by Gasteiger charge is -2.13. The zero-order valence-corrected chi connectivity index (χ0v) is 17.1. The van der Waals surface area contributed by atoms with Crippen molar-refractivity contribution < 1.29 is 13.2 Å². The molecule has 0 aliphatic carbocycles. The van der Waals surface area contributed by atoms with E-state index in [1.165, 1.54) is 34.0 Å². The van der Waals surface area contributed by atoms with Gasteiger partial charge >= 0.3 is 10.2 Å². The maximum atomic E-state index is 12.7. The average Bonchev–Trinajstić information content (AvgIpc) is 3.24. The number of aromatic nitrogens is 1. The quantitative estimate of drug-likeness (QED) is 0.711. The summed E-state index contributed by atoms with van der Waals surface area (Å²) in [6, 6.07) is 13.1. The van der Waals surface area contributed by atoms with E-state index in [1.807, 2.05) is 37.3 Å². The van der Waals surface area contributed by atoms with E-state index in [9.17, 15) is 13.2 Å². The minimum Gasteiger partial charge on any atom is -0.320 e. The summed E-state index contributed by atoms with van der Waals surface area (Å²) in [5, 5.41) is 5.33. The molecule has 1 N–H and O–H groups in total. The number of fused-ring (bicyclic) bond motifs is 1. The molecule has 144 valence electrons. The van der Waals surface area contributed by atoms with Gasteiger partial charge in [0.2, 0.25) is 0 Å². The van der Waals surface area contributed by atoms with Crippen LogP contribution in [0, 0.1) is 6.92 Å². The number of nitrogens with one attached hydrogen (secondary N) is 1. The molecular formula is C19H18N4O3S2. The van der Waals surface area contributed by atoms with Crippen LogP contribution in [0.4, 0.5) is 17.1 Å². The van der Waals surface area contributed by atoms with Gasteiger partial charge in [-0.3, -0.25) is 13.4 Å². The summed E-state index contributed by atoms with van der Waals surface area (Å²) in [6.45, 7) is 1.82. The van der Waals surface area contributed by atoms with Gasteiger partial charge in [-0.25, -0.2) is 4.98 Å². The molecule has 3 aromatic rings. The van der Waals surface area contributed by atoms with Crippen LogP contribution >= 0.6 is 11.3 Å². The Morgan fingerprint density at radius 1 is 1.07 bits per heavy atom. The van der Waals surface area contributed by atoms with Crippen LogP contribution in [0.15, 0.2) is 47.8 Å². The number of hydrogen-bond acceptors (Lipinski definition) is 5. The second-order valence-corrected chi connectivity index (χ2v) is 9.31. The summed E-state index contributed by atoms with van der Waals surface area (Å²) < 4.78 is 27.1. The summed E-state index contributed by atoms with van der Waals surface area (Å²) in [5.74, 6) is -0.335. The Hall–Kier alpha value is -2.91. The lowest BCUT2D eigenvalue weighted by molar-refractivity contribution is 0.102. The molecule has 0 bridgehead atoms. The van der Waals surface area contributed by atoms with Crippen LogP contribution in [0.5, 0.6) is 0 Å². The first-order valence-electron chi connectivity index (χ1n) is 8.49. The fourth-order valence-electron chi connectivity index (χ4n) is 3.03. The summed E-state index contributed by atoms with van der Waals surface area (Å²) in [5.41, 5.74) is 3.69. The monoisotopic (exact) mass is 414 g/mol. The highest BCUT2D eigenvalue weighted by atomic mass is 32.2. The minimum atomic E-state index is -3.56. The number of rotatable bonds is 3. The minimum absolute atomic E-state index is 0.321. The van der Waals surface area contributed by atoms with Crippen molar-refractivity contribution in [2.45, 2.75) is 6.92 Å². The van der Waals surface area contributed by atoms with Crippen LogP contribution in [-0.4, -0.2) is 33.4 Å². The highest BCUT2D eigenvalue weighted by Gasteiger charge is 2.36. The van der Waals surface area contributed by atoms with E-state index in [4.69, 9.17) is 0 Å². The van der Waals surface area contributed by atoms with E-state index in [1.54, 1.807) is 17.5 Å². The standard InChI is InChI=1S/C19H18N4O3S2/c1-12-9-16-17(23(3)28(25,26)22(16)2)10-14(12)20-18(24)15-11-27-19(21-15)13-7-5-4-6-8-13/h4-11H,1-3H3,(H,20,24). The van der Waals surface area contributed by atoms with Crippen molar-refractivity contribution in [3.8, 4) is 10.6 Å². The van der Waals surface area contributed by atoms with Gasteiger partial charge in [0.15, 0.2) is 0 Å². The van der Waals surface area contributed by atoms with Crippen LogP contribution in [-0.2, 0) is 10.2 Å². The zero-order valence-electron chi connectivity index (χ0n) is 15.5. The number of nitrogens with zero attached hydrogens (tertiary/aromatic N) is 3. The van der Waals surface area contributed by atoms with Crippen LogP contribution < -0.4 is 13.9 Å². The first-order valence-corrected chi connectivity index (χ1v) is 10.8. The molecule has 0 saturated carbocycles. The fourth-order valence-corrected chi connectivity index (χ4v) is 4.99. The van der Waals surface area contributed by atoms with Gasteiger partial charge in [0.25, 0.3) is 5.91 Å². The molecule has 28 heavy (non-hydrogen) atoms. The number of hydrogen-bond donors (Lipinski definition) is 1. The SMILES string of the molecule is Cc1cc2c(cc1NC(=O)c1csc(-c3ccccc3)n1)N(C)S(=O)(=O)N2C. The fraction of sp³-hybridized carbons (Fsp3) is 0.158. The number of carbonyl (C=O) groups excluding carboxylic acids is 1. The van der Waals surface area contributed by atoms with Crippen molar-refractivity contribution in [3.63, 3.8) is 0 Å². The maximum Gasteiger partial charge on any atom is 0.326 e. The first kappa shape index (κ1) is 18.5. The van der Waals surface area contributed by atoms with E-state index in [0.29, 0.717) is 22.8 Å². The van der Waals surface area contributed by atoms with Gasteiger partial charge in [-0.2, -0.15) is 8.42 Å². The molecule has 4 rings (SSSR count). The Balaban J connectivity index is 1.62. The third-order valence-corrected chi connectivity index (χ3v) is 7.37. The highest BCUT2D eigenvalue weighted by molar-refractivity contribution is 7.94. The normalized spacial score (nSPS) is 14.8. The van der Waals surface area contributed by atoms with Crippen molar-refractivity contribution in [1.29, 1.82) is 0 Å². The number of benzene rings is 2.